The zero-order valence-corrected chi connectivity index (χ0v) is 10.4. The summed E-state index contributed by atoms with van der Waals surface area (Å²) in [6.07, 6.45) is 2.82. The zero-order valence-electron chi connectivity index (χ0n) is 10.4. The predicted molar refractivity (Wildman–Crippen MR) is 74.6 cm³/mol. The van der Waals surface area contributed by atoms with Gasteiger partial charge >= 0.3 is 0 Å². The summed E-state index contributed by atoms with van der Waals surface area (Å²) < 4.78 is 0. The Kier molecular flexibility index (Phi) is 4.30. The van der Waals surface area contributed by atoms with Crippen LogP contribution in [0.3, 0.4) is 0 Å². The molecule has 0 bridgehead atoms. The SMILES string of the molecule is [CH2]CCCc1ccccc1C(=O)c1ccccc1. The predicted octanol–water partition coefficient (Wildman–Crippen LogP) is 4.07. The van der Waals surface area contributed by atoms with Crippen LogP contribution in [0.15, 0.2) is 54.6 Å². The number of rotatable bonds is 5. The summed E-state index contributed by atoms with van der Waals surface area (Å²) >= 11 is 0. The van der Waals surface area contributed by atoms with Gasteiger partial charge in [-0.3, -0.25) is 4.79 Å². The van der Waals surface area contributed by atoms with Crippen LogP contribution in [0, 0.1) is 6.92 Å². The lowest BCUT2D eigenvalue weighted by molar-refractivity contribution is 0.103. The van der Waals surface area contributed by atoms with Crippen molar-refractivity contribution in [3.05, 3.63) is 78.2 Å². The van der Waals surface area contributed by atoms with Crippen LogP contribution >= 0.6 is 0 Å². The topological polar surface area (TPSA) is 17.1 Å². The summed E-state index contributed by atoms with van der Waals surface area (Å²) in [7, 11) is 0. The Morgan fingerprint density at radius 1 is 0.944 bits per heavy atom. The molecular formula is C17H17O. The lowest BCUT2D eigenvalue weighted by Gasteiger charge is -2.08. The average Bonchev–Trinajstić information content (AvgIpc) is 2.45. The Labute approximate surface area is 108 Å². The molecule has 0 aliphatic heterocycles. The highest BCUT2D eigenvalue weighted by atomic mass is 16.1. The Bertz CT molecular complexity index is 514. The third kappa shape index (κ3) is 2.86. The molecule has 0 heterocycles. The van der Waals surface area contributed by atoms with E-state index in [-0.39, 0.29) is 5.78 Å². The van der Waals surface area contributed by atoms with Gasteiger partial charge < -0.3 is 0 Å². The molecule has 2 rings (SSSR count). The third-order valence-corrected chi connectivity index (χ3v) is 2.99. The van der Waals surface area contributed by atoms with Crippen LogP contribution in [-0.2, 0) is 6.42 Å². The van der Waals surface area contributed by atoms with E-state index in [2.05, 4.69) is 6.92 Å². The highest BCUT2D eigenvalue weighted by molar-refractivity contribution is 6.09. The van der Waals surface area contributed by atoms with Crippen molar-refractivity contribution < 1.29 is 4.79 Å². The summed E-state index contributed by atoms with van der Waals surface area (Å²) in [5.74, 6) is 0.107. The van der Waals surface area contributed by atoms with Crippen molar-refractivity contribution in [2.75, 3.05) is 0 Å². The number of benzene rings is 2. The van der Waals surface area contributed by atoms with Crippen molar-refractivity contribution in [3.8, 4) is 0 Å². The molecule has 91 valence electrons. The average molecular weight is 237 g/mol. The summed E-state index contributed by atoms with van der Waals surface area (Å²) in [4.78, 5) is 12.4. The first-order valence-corrected chi connectivity index (χ1v) is 6.30. The standard InChI is InChI=1S/C17H17O/c1-2-3-9-14-10-7-8-13-16(14)17(18)15-11-5-4-6-12-15/h4-8,10-13H,1-3,9H2. The second kappa shape index (κ2) is 6.15. The van der Waals surface area contributed by atoms with Crippen molar-refractivity contribution in [3.63, 3.8) is 0 Å². The Morgan fingerprint density at radius 3 is 2.33 bits per heavy atom. The van der Waals surface area contributed by atoms with Gasteiger partial charge in [0.15, 0.2) is 5.78 Å². The molecular weight excluding hydrogens is 220 g/mol. The minimum absolute atomic E-state index is 0.107. The lowest BCUT2D eigenvalue weighted by atomic mass is 9.95. The van der Waals surface area contributed by atoms with E-state index >= 15 is 0 Å². The monoisotopic (exact) mass is 237 g/mol. The molecule has 1 nitrogen and oxygen atoms in total. The van der Waals surface area contributed by atoms with Crippen molar-refractivity contribution in [1.82, 2.24) is 0 Å². The van der Waals surface area contributed by atoms with Gasteiger partial charge in [0.25, 0.3) is 0 Å². The fourth-order valence-corrected chi connectivity index (χ4v) is 2.02. The van der Waals surface area contributed by atoms with Gasteiger partial charge in [-0.2, -0.15) is 0 Å². The molecule has 0 saturated heterocycles. The largest absolute Gasteiger partial charge is 0.289 e. The second-order valence-corrected chi connectivity index (χ2v) is 4.31. The van der Waals surface area contributed by atoms with Gasteiger partial charge in [0, 0.05) is 11.1 Å². The van der Waals surface area contributed by atoms with Crippen LogP contribution in [0.25, 0.3) is 0 Å². The number of hydrogen-bond acceptors (Lipinski definition) is 1. The molecule has 0 saturated carbocycles. The Hall–Kier alpha value is -1.89. The first kappa shape index (κ1) is 12.6. The number of unbranched alkanes of at least 4 members (excludes halogenated alkanes) is 1. The number of aryl methyl sites for hydroxylation is 1. The highest BCUT2D eigenvalue weighted by Crippen LogP contribution is 2.16. The maximum Gasteiger partial charge on any atom is 0.193 e. The molecule has 0 fully saturated rings. The van der Waals surface area contributed by atoms with Crippen LogP contribution in [0.2, 0.25) is 0 Å². The fraction of sp³-hybridized carbons (Fsp3) is 0.176. The van der Waals surface area contributed by atoms with Crippen molar-refractivity contribution in [2.24, 2.45) is 0 Å². The second-order valence-electron chi connectivity index (χ2n) is 4.31. The van der Waals surface area contributed by atoms with Crippen molar-refractivity contribution >= 4 is 5.78 Å². The first-order valence-electron chi connectivity index (χ1n) is 6.30. The maximum atomic E-state index is 12.4. The first-order chi connectivity index (χ1) is 8.83. The molecule has 0 aliphatic rings. The summed E-state index contributed by atoms with van der Waals surface area (Å²) in [5.41, 5.74) is 2.69. The van der Waals surface area contributed by atoms with E-state index < -0.39 is 0 Å². The number of carbonyl (C=O) groups excluding carboxylic acids is 1. The van der Waals surface area contributed by atoms with E-state index in [9.17, 15) is 4.79 Å². The summed E-state index contributed by atoms with van der Waals surface area (Å²) in [5, 5.41) is 0. The van der Waals surface area contributed by atoms with E-state index in [1.165, 1.54) is 0 Å². The Morgan fingerprint density at radius 2 is 1.61 bits per heavy atom. The number of ketones is 1. The van der Waals surface area contributed by atoms with Crippen LogP contribution in [0.1, 0.15) is 34.3 Å². The molecule has 18 heavy (non-hydrogen) atoms. The summed E-state index contributed by atoms with van der Waals surface area (Å²) in [6.45, 7) is 3.85. The highest BCUT2D eigenvalue weighted by Gasteiger charge is 2.12. The minimum atomic E-state index is 0.107. The van der Waals surface area contributed by atoms with Crippen LogP contribution in [0.5, 0.6) is 0 Å². The quantitative estimate of drug-likeness (QED) is 0.716. The minimum Gasteiger partial charge on any atom is -0.289 e. The van der Waals surface area contributed by atoms with Crippen molar-refractivity contribution in [1.29, 1.82) is 0 Å². The van der Waals surface area contributed by atoms with E-state index in [1.54, 1.807) is 0 Å². The molecule has 0 N–H and O–H groups in total. The molecule has 2 aromatic carbocycles. The molecule has 0 spiro atoms. The van der Waals surface area contributed by atoms with Crippen LogP contribution < -0.4 is 0 Å². The third-order valence-electron chi connectivity index (χ3n) is 2.99. The Balaban J connectivity index is 2.30. The van der Waals surface area contributed by atoms with Gasteiger partial charge in [-0.25, -0.2) is 0 Å². The molecule has 0 aliphatic carbocycles. The normalized spacial score (nSPS) is 10.3. The van der Waals surface area contributed by atoms with E-state index in [0.717, 1.165) is 36.0 Å². The van der Waals surface area contributed by atoms with Crippen molar-refractivity contribution in [2.45, 2.75) is 19.3 Å². The smallest absolute Gasteiger partial charge is 0.193 e. The van der Waals surface area contributed by atoms with Gasteiger partial charge in [-0.15, -0.1) is 0 Å². The van der Waals surface area contributed by atoms with E-state index in [0.29, 0.717) is 0 Å². The molecule has 1 radical (unpaired) electrons. The van der Waals surface area contributed by atoms with Gasteiger partial charge in [0.2, 0.25) is 0 Å². The van der Waals surface area contributed by atoms with Gasteiger partial charge in [-0.1, -0.05) is 67.9 Å². The molecule has 1 heteroatoms. The van der Waals surface area contributed by atoms with E-state index in [1.807, 2.05) is 54.6 Å². The molecule has 2 aromatic rings. The van der Waals surface area contributed by atoms with Crippen LogP contribution in [-0.4, -0.2) is 5.78 Å². The number of hydrogen-bond donors (Lipinski definition) is 0. The fourth-order valence-electron chi connectivity index (χ4n) is 2.02. The molecule has 0 atom stereocenters. The molecule has 0 unspecified atom stereocenters. The molecule has 0 aromatic heterocycles. The maximum absolute atomic E-state index is 12.4. The van der Waals surface area contributed by atoms with E-state index in [4.69, 9.17) is 0 Å². The lowest BCUT2D eigenvalue weighted by Crippen LogP contribution is -2.05. The molecule has 0 amide bonds. The van der Waals surface area contributed by atoms with Gasteiger partial charge in [0.05, 0.1) is 0 Å². The summed E-state index contributed by atoms with van der Waals surface area (Å²) in [6, 6.07) is 17.3. The zero-order chi connectivity index (χ0) is 12.8. The number of carbonyl (C=O) groups is 1. The van der Waals surface area contributed by atoms with Crippen LogP contribution in [0.4, 0.5) is 0 Å². The van der Waals surface area contributed by atoms with Gasteiger partial charge in [-0.05, 0) is 18.4 Å². The van der Waals surface area contributed by atoms with Gasteiger partial charge in [0.1, 0.15) is 0 Å².